The second-order valence-corrected chi connectivity index (χ2v) is 5.70. The van der Waals surface area contributed by atoms with Gasteiger partial charge < -0.3 is 9.64 Å². The fraction of sp³-hybridized carbons (Fsp3) is 0.250. The van der Waals surface area contributed by atoms with Gasteiger partial charge in [0.2, 0.25) is 0 Å². The van der Waals surface area contributed by atoms with E-state index in [0.29, 0.717) is 5.56 Å². The molecule has 2 aromatic carbocycles. The summed E-state index contributed by atoms with van der Waals surface area (Å²) in [5.74, 6) is 0.0294. The van der Waals surface area contributed by atoms with Gasteiger partial charge in [0, 0.05) is 24.3 Å². The van der Waals surface area contributed by atoms with Crippen molar-refractivity contribution in [1.29, 1.82) is 0 Å². The molecule has 3 nitrogen and oxygen atoms in total. The summed E-state index contributed by atoms with van der Waals surface area (Å²) < 4.78 is 5.36. The van der Waals surface area contributed by atoms with Crippen LogP contribution in [0.3, 0.4) is 0 Å². The van der Waals surface area contributed by atoms with Crippen LogP contribution in [0.2, 0.25) is 0 Å². The Balaban J connectivity index is 1.69. The lowest BCUT2D eigenvalue weighted by molar-refractivity contribution is 0.104. The monoisotopic (exact) mass is 307 g/mol. The van der Waals surface area contributed by atoms with Crippen LogP contribution in [0.25, 0.3) is 6.08 Å². The van der Waals surface area contributed by atoms with Crippen molar-refractivity contribution in [3.05, 3.63) is 71.3 Å². The molecule has 0 atom stereocenters. The van der Waals surface area contributed by atoms with Crippen LogP contribution < -0.4 is 4.90 Å². The molecule has 1 aliphatic rings. The summed E-state index contributed by atoms with van der Waals surface area (Å²) in [6, 6.07) is 15.9. The number of ether oxygens (including phenoxy) is 1. The number of carbonyl (C=O) groups excluding carboxylic acids is 1. The van der Waals surface area contributed by atoms with Gasteiger partial charge >= 0.3 is 0 Å². The molecule has 1 saturated heterocycles. The molecule has 0 saturated carbocycles. The van der Waals surface area contributed by atoms with E-state index >= 15 is 0 Å². The van der Waals surface area contributed by atoms with Crippen molar-refractivity contribution in [2.75, 3.05) is 31.2 Å². The highest BCUT2D eigenvalue weighted by atomic mass is 16.5. The summed E-state index contributed by atoms with van der Waals surface area (Å²) in [6.07, 6.45) is 3.53. The summed E-state index contributed by atoms with van der Waals surface area (Å²) in [4.78, 5) is 14.6. The first-order valence-corrected chi connectivity index (χ1v) is 7.95. The molecule has 3 heteroatoms. The van der Waals surface area contributed by atoms with E-state index in [-0.39, 0.29) is 5.78 Å². The molecule has 0 bridgehead atoms. The third-order valence-electron chi connectivity index (χ3n) is 4.13. The lowest BCUT2D eigenvalue weighted by Gasteiger charge is -2.28. The van der Waals surface area contributed by atoms with E-state index in [1.54, 1.807) is 6.08 Å². The van der Waals surface area contributed by atoms with E-state index in [4.69, 9.17) is 4.74 Å². The maximum absolute atomic E-state index is 12.3. The maximum Gasteiger partial charge on any atom is 0.185 e. The number of benzene rings is 2. The van der Waals surface area contributed by atoms with Crippen molar-refractivity contribution in [1.82, 2.24) is 0 Å². The summed E-state index contributed by atoms with van der Waals surface area (Å²) in [5.41, 5.74) is 4.10. The second-order valence-electron chi connectivity index (χ2n) is 5.70. The molecule has 1 heterocycles. The van der Waals surface area contributed by atoms with Gasteiger partial charge in [0.15, 0.2) is 5.78 Å². The Kier molecular flexibility index (Phi) is 4.89. The SMILES string of the molecule is Cc1ccccc1C=CC(=O)c1ccc(N2CCOCC2)cc1. The topological polar surface area (TPSA) is 29.5 Å². The first-order chi connectivity index (χ1) is 11.2. The molecular weight excluding hydrogens is 286 g/mol. The third kappa shape index (κ3) is 3.88. The number of anilines is 1. The first kappa shape index (κ1) is 15.5. The number of aryl methyl sites for hydroxylation is 1. The summed E-state index contributed by atoms with van der Waals surface area (Å²) in [5, 5.41) is 0. The summed E-state index contributed by atoms with van der Waals surface area (Å²) >= 11 is 0. The van der Waals surface area contributed by atoms with Crippen molar-refractivity contribution in [2.24, 2.45) is 0 Å². The van der Waals surface area contributed by atoms with E-state index in [2.05, 4.69) is 4.90 Å². The highest BCUT2D eigenvalue weighted by molar-refractivity contribution is 6.07. The van der Waals surface area contributed by atoms with E-state index in [1.165, 1.54) is 5.56 Å². The quantitative estimate of drug-likeness (QED) is 0.637. The second kappa shape index (κ2) is 7.25. The van der Waals surface area contributed by atoms with Crippen molar-refractivity contribution < 1.29 is 9.53 Å². The number of morpholine rings is 1. The number of ketones is 1. The molecular formula is C20H21NO2. The number of hydrogen-bond acceptors (Lipinski definition) is 3. The van der Waals surface area contributed by atoms with Gasteiger partial charge in [0.05, 0.1) is 13.2 Å². The van der Waals surface area contributed by atoms with Gasteiger partial charge in [0.25, 0.3) is 0 Å². The predicted octanol–water partition coefficient (Wildman–Crippen LogP) is 3.73. The maximum atomic E-state index is 12.3. The molecule has 0 unspecified atom stereocenters. The van der Waals surface area contributed by atoms with Gasteiger partial charge in [-0.1, -0.05) is 30.3 Å². The Morgan fingerprint density at radius 1 is 1.04 bits per heavy atom. The Morgan fingerprint density at radius 2 is 1.74 bits per heavy atom. The molecule has 0 spiro atoms. The molecule has 1 fully saturated rings. The number of carbonyl (C=O) groups is 1. The van der Waals surface area contributed by atoms with Crippen molar-refractivity contribution in [3.8, 4) is 0 Å². The molecule has 118 valence electrons. The van der Waals surface area contributed by atoms with Gasteiger partial charge in [-0.2, -0.15) is 0 Å². The van der Waals surface area contributed by atoms with Gasteiger partial charge in [-0.3, -0.25) is 4.79 Å². The summed E-state index contributed by atoms with van der Waals surface area (Å²) in [7, 11) is 0. The van der Waals surface area contributed by atoms with Gasteiger partial charge in [0.1, 0.15) is 0 Å². The van der Waals surface area contributed by atoms with Gasteiger partial charge in [-0.15, -0.1) is 0 Å². The number of nitrogens with zero attached hydrogens (tertiary/aromatic N) is 1. The molecule has 2 aromatic rings. The zero-order valence-electron chi connectivity index (χ0n) is 13.4. The fourth-order valence-electron chi connectivity index (χ4n) is 2.69. The molecule has 0 radical (unpaired) electrons. The molecule has 0 N–H and O–H groups in total. The van der Waals surface area contributed by atoms with E-state index in [9.17, 15) is 4.79 Å². The third-order valence-corrected chi connectivity index (χ3v) is 4.13. The fourth-order valence-corrected chi connectivity index (χ4v) is 2.69. The Bertz CT molecular complexity index is 698. The largest absolute Gasteiger partial charge is 0.378 e. The van der Waals surface area contributed by atoms with Gasteiger partial charge in [-0.05, 0) is 48.4 Å². The number of allylic oxidation sites excluding steroid dienone is 1. The molecule has 0 aliphatic carbocycles. The molecule has 23 heavy (non-hydrogen) atoms. The van der Waals surface area contributed by atoms with E-state index < -0.39 is 0 Å². The first-order valence-electron chi connectivity index (χ1n) is 7.95. The van der Waals surface area contributed by atoms with Crippen molar-refractivity contribution in [2.45, 2.75) is 6.92 Å². The predicted molar refractivity (Wildman–Crippen MR) is 94.0 cm³/mol. The molecule has 0 amide bonds. The average molecular weight is 307 g/mol. The van der Waals surface area contributed by atoms with Crippen LogP contribution in [0.1, 0.15) is 21.5 Å². The standard InChI is InChI=1S/C20H21NO2/c1-16-4-2-3-5-17(16)8-11-20(22)18-6-9-19(10-7-18)21-12-14-23-15-13-21/h2-11H,12-15H2,1H3. The molecule has 0 aromatic heterocycles. The minimum absolute atomic E-state index is 0.0294. The lowest BCUT2D eigenvalue weighted by Crippen LogP contribution is -2.36. The van der Waals surface area contributed by atoms with Crippen LogP contribution in [0.15, 0.2) is 54.6 Å². The number of rotatable bonds is 4. The Morgan fingerprint density at radius 3 is 2.43 bits per heavy atom. The van der Waals surface area contributed by atoms with Crippen LogP contribution in [0.4, 0.5) is 5.69 Å². The highest BCUT2D eigenvalue weighted by Crippen LogP contribution is 2.17. The smallest absolute Gasteiger partial charge is 0.185 e. The molecule has 3 rings (SSSR count). The van der Waals surface area contributed by atoms with Gasteiger partial charge in [-0.25, -0.2) is 0 Å². The normalized spacial score (nSPS) is 15.1. The minimum atomic E-state index is 0.0294. The zero-order chi connectivity index (χ0) is 16.1. The van der Waals surface area contributed by atoms with Crippen LogP contribution in [-0.4, -0.2) is 32.1 Å². The van der Waals surface area contributed by atoms with Crippen LogP contribution in [0, 0.1) is 6.92 Å². The van der Waals surface area contributed by atoms with Crippen molar-refractivity contribution >= 4 is 17.5 Å². The van der Waals surface area contributed by atoms with E-state index in [0.717, 1.165) is 37.6 Å². The van der Waals surface area contributed by atoms with E-state index in [1.807, 2.05) is 61.5 Å². The van der Waals surface area contributed by atoms with Crippen LogP contribution >= 0.6 is 0 Å². The lowest BCUT2D eigenvalue weighted by atomic mass is 10.1. The Hall–Kier alpha value is -2.39. The zero-order valence-corrected chi connectivity index (χ0v) is 13.4. The Labute approximate surface area is 137 Å². The van der Waals surface area contributed by atoms with Crippen molar-refractivity contribution in [3.63, 3.8) is 0 Å². The minimum Gasteiger partial charge on any atom is -0.378 e. The highest BCUT2D eigenvalue weighted by Gasteiger charge is 2.11. The van der Waals surface area contributed by atoms with Crippen LogP contribution in [0.5, 0.6) is 0 Å². The summed E-state index contributed by atoms with van der Waals surface area (Å²) in [6.45, 7) is 5.38. The van der Waals surface area contributed by atoms with Crippen LogP contribution in [-0.2, 0) is 4.74 Å². The molecule has 1 aliphatic heterocycles. The average Bonchev–Trinajstić information content (AvgIpc) is 2.62. The number of hydrogen-bond donors (Lipinski definition) is 0.